The summed E-state index contributed by atoms with van der Waals surface area (Å²) in [7, 11) is 1.56. The van der Waals surface area contributed by atoms with Gasteiger partial charge in [0.25, 0.3) is 12.0 Å². The number of aromatic nitrogens is 7. The lowest BCUT2D eigenvalue weighted by Crippen LogP contribution is -2.22. The normalized spacial score (nSPS) is 15.5. The molecule has 2 atom stereocenters. The molecule has 4 aromatic rings. The van der Waals surface area contributed by atoms with E-state index in [1.165, 1.54) is 29.2 Å². The van der Waals surface area contributed by atoms with Crippen LogP contribution in [0.5, 0.6) is 5.88 Å². The van der Waals surface area contributed by atoms with E-state index in [0.717, 1.165) is 12.8 Å². The van der Waals surface area contributed by atoms with Gasteiger partial charge in [-0.15, -0.1) is 15.3 Å². The second-order valence-corrected chi connectivity index (χ2v) is 8.25. The molecule has 0 amide bonds. The van der Waals surface area contributed by atoms with Gasteiger partial charge in [0.2, 0.25) is 5.88 Å². The maximum absolute atomic E-state index is 14.1. The van der Waals surface area contributed by atoms with Crippen molar-refractivity contribution in [1.82, 2.24) is 34.9 Å². The van der Waals surface area contributed by atoms with Crippen molar-refractivity contribution in [2.45, 2.75) is 44.5 Å². The van der Waals surface area contributed by atoms with Gasteiger partial charge in [-0.2, -0.15) is 0 Å². The number of rotatable bonds is 8. The summed E-state index contributed by atoms with van der Waals surface area (Å²) < 4.78 is 41.2. The number of ether oxygens (including phenoxy) is 2. The number of hydrogen-bond donors (Lipinski definition) is 2. The van der Waals surface area contributed by atoms with Crippen molar-refractivity contribution in [2.24, 2.45) is 7.05 Å². The van der Waals surface area contributed by atoms with E-state index in [0.29, 0.717) is 5.69 Å². The Morgan fingerprint density at radius 1 is 1.20 bits per heavy atom. The highest BCUT2D eigenvalue weighted by atomic mass is 19.3. The number of nitrogens with zero attached hydrogens (tertiary/aromatic N) is 5. The smallest absolute Gasteiger partial charge is 0.325 e. The van der Waals surface area contributed by atoms with Crippen LogP contribution in [0.4, 0.5) is 8.78 Å². The van der Waals surface area contributed by atoms with Crippen LogP contribution in [0.1, 0.15) is 43.2 Å². The van der Waals surface area contributed by atoms with Gasteiger partial charge in [-0.25, -0.2) is 18.3 Å². The molecule has 0 unspecified atom stereocenters. The number of hydrogen-bond acceptors (Lipinski definition) is 8. The number of aryl methyl sites for hydroxylation is 1. The van der Waals surface area contributed by atoms with E-state index < -0.39 is 23.8 Å². The first-order valence-electron chi connectivity index (χ1n) is 10.9. The fourth-order valence-corrected chi connectivity index (χ4v) is 3.65. The van der Waals surface area contributed by atoms with E-state index in [4.69, 9.17) is 9.47 Å². The van der Waals surface area contributed by atoms with E-state index in [9.17, 15) is 18.4 Å². The molecule has 1 saturated carbocycles. The molecule has 0 radical (unpaired) electrons. The Bertz CT molecular complexity index is 1500. The predicted octanol–water partition coefficient (Wildman–Crippen LogP) is 2.43. The average Bonchev–Trinajstić information content (AvgIpc) is 3.59. The highest BCUT2D eigenvalue weighted by molar-refractivity contribution is 5.84. The molecular weight excluding hydrogens is 464 g/mol. The Hall–Kier alpha value is -4.00. The third kappa shape index (κ3) is 4.67. The van der Waals surface area contributed by atoms with Crippen LogP contribution in [0.15, 0.2) is 40.2 Å². The first-order chi connectivity index (χ1) is 16.8. The summed E-state index contributed by atoms with van der Waals surface area (Å²) in [5.41, 5.74) is -0.187. The van der Waals surface area contributed by atoms with Crippen molar-refractivity contribution in [1.29, 1.82) is 0 Å². The van der Waals surface area contributed by atoms with Crippen LogP contribution in [0.3, 0.4) is 0 Å². The van der Waals surface area contributed by atoms with Gasteiger partial charge in [-0.05, 0) is 38.0 Å². The van der Waals surface area contributed by atoms with E-state index in [1.807, 2.05) is 6.92 Å². The lowest BCUT2D eigenvalue weighted by molar-refractivity contribution is 0.00792. The monoisotopic (exact) mass is 485 g/mol. The molecule has 0 spiro atoms. The molecule has 5 rings (SSSR count). The van der Waals surface area contributed by atoms with Crippen molar-refractivity contribution in [3.8, 4) is 17.1 Å². The van der Waals surface area contributed by atoms with Crippen LogP contribution in [-0.2, 0) is 11.8 Å². The lowest BCUT2D eigenvalue weighted by Gasteiger charge is -2.19. The first-order valence-corrected chi connectivity index (χ1v) is 10.9. The molecule has 0 saturated heterocycles. The average molecular weight is 485 g/mol. The summed E-state index contributed by atoms with van der Waals surface area (Å²) in [6.07, 6.45) is -0.0793. The van der Waals surface area contributed by atoms with Crippen LogP contribution in [0.25, 0.3) is 22.3 Å². The Labute approximate surface area is 196 Å². The standard InChI is InChI=1S/C22H21F2N7O4/c1-10(34-12-3-4-12)15-7-11(5-6-25-15)17(18(23)24)35-21-13-8-16(28-29-19(13)31(2)30-21)14-9-26-22(33)27-20(14)32/h5-10,12,17-18H,3-4H2,1-2H3,(H2,26,27,32,33)/t10-,17-/m1/s1. The van der Waals surface area contributed by atoms with Crippen molar-refractivity contribution < 1.29 is 18.3 Å². The number of nitrogens with one attached hydrogen (secondary N) is 2. The van der Waals surface area contributed by atoms with Crippen LogP contribution in [0, 0.1) is 0 Å². The minimum Gasteiger partial charge on any atom is -0.462 e. The van der Waals surface area contributed by atoms with Crippen molar-refractivity contribution in [3.05, 3.63) is 62.7 Å². The molecule has 182 valence electrons. The number of alkyl halides is 2. The second-order valence-electron chi connectivity index (χ2n) is 8.25. The van der Waals surface area contributed by atoms with Crippen LogP contribution < -0.4 is 16.0 Å². The third-order valence-electron chi connectivity index (χ3n) is 5.59. The number of pyridine rings is 1. The number of H-pyrrole nitrogens is 2. The third-order valence-corrected chi connectivity index (χ3v) is 5.59. The van der Waals surface area contributed by atoms with E-state index >= 15 is 0 Å². The van der Waals surface area contributed by atoms with E-state index in [-0.39, 0.29) is 45.9 Å². The van der Waals surface area contributed by atoms with Gasteiger partial charge in [-0.1, -0.05) is 0 Å². The molecule has 1 aliphatic rings. The molecule has 0 bridgehead atoms. The van der Waals surface area contributed by atoms with Gasteiger partial charge >= 0.3 is 5.69 Å². The minimum absolute atomic E-state index is 0.0441. The zero-order chi connectivity index (χ0) is 24.7. The van der Waals surface area contributed by atoms with Crippen LogP contribution in [-0.4, -0.2) is 47.5 Å². The molecule has 0 aliphatic heterocycles. The largest absolute Gasteiger partial charge is 0.462 e. The van der Waals surface area contributed by atoms with Crippen molar-refractivity contribution >= 4 is 11.0 Å². The topological polar surface area (TPSA) is 141 Å². The summed E-state index contributed by atoms with van der Waals surface area (Å²) >= 11 is 0. The summed E-state index contributed by atoms with van der Waals surface area (Å²) in [5.74, 6) is -0.106. The Balaban J connectivity index is 1.50. The summed E-state index contributed by atoms with van der Waals surface area (Å²) in [5, 5.41) is 12.5. The Kier molecular flexibility index (Phi) is 5.84. The Morgan fingerprint density at radius 2 is 2.00 bits per heavy atom. The van der Waals surface area contributed by atoms with Gasteiger partial charge in [-0.3, -0.25) is 14.8 Å². The SMILES string of the molecule is C[C@@H](OC1CC1)c1cc([C@@H](Oc2nn(C)c3nnc(-c4c[nH]c(=O)[nH]c4=O)cc23)C(F)F)ccn1. The fourth-order valence-electron chi connectivity index (χ4n) is 3.65. The van der Waals surface area contributed by atoms with Gasteiger partial charge in [0, 0.05) is 25.0 Å². The number of fused-ring (bicyclic) bond motifs is 1. The second kappa shape index (κ2) is 8.98. The summed E-state index contributed by atoms with van der Waals surface area (Å²) in [6.45, 7) is 1.83. The molecule has 0 aromatic carbocycles. The summed E-state index contributed by atoms with van der Waals surface area (Å²) in [6, 6.07) is 4.44. The van der Waals surface area contributed by atoms with Crippen molar-refractivity contribution in [2.75, 3.05) is 0 Å². The molecule has 13 heteroatoms. The van der Waals surface area contributed by atoms with Gasteiger partial charge in [0.05, 0.1) is 28.9 Å². The van der Waals surface area contributed by atoms with Crippen LogP contribution >= 0.6 is 0 Å². The number of aromatic amines is 2. The molecule has 2 N–H and O–H groups in total. The minimum atomic E-state index is -2.88. The first kappa shape index (κ1) is 22.8. The Morgan fingerprint density at radius 3 is 2.71 bits per heavy atom. The highest BCUT2D eigenvalue weighted by Crippen LogP contribution is 2.34. The molecule has 4 aromatic heterocycles. The van der Waals surface area contributed by atoms with Gasteiger partial charge in [0.1, 0.15) is 5.69 Å². The molecule has 1 fully saturated rings. The summed E-state index contributed by atoms with van der Waals surface area (Å²) in [4.78, 5) is 32.2. The molecule has 4 heterocycles. The molecular formula is C22H21F2N7O4. The predicted molar refractivity (Wildman–Crippen MR) is 119 cm³/mol. The highest BCUT2D eigenvalue weighted by Gasteiger charge is 2.30. The van der Waals surface area contributed by atoms with E-state index in [2.05, 4.69) is 30.2 Å². The number of halogens is 2. The molecule has 1 aliphatic carbocycles. The molecule has 11 nitrogen and oxygen atoms in total. The zero-order valence-electron chi connectivity index (χ0n) is 18.7. The zero-order valence-corrected chi connectivity index (χ0v) is 18.7. The van der Waals surface area contributed by atoms with Gasteiger partial charge < -0.3 is 14.5 Å². The fraction of sp³-hybridized carbons (Fsp3) is 0.364. The quantitative estimate of drug-likeness (QED) is 0.388. The van der Waals surface area contributed by atoms with Gasteiger partial charge in [0.15, 0.2) is 11.8 Å². The van der Waals surface area contributed by atoms with Crippen LogP contribution in [0.2, 0.25) is 0 Å². The van der Waals surface area contributed by atoms with E-state index in [1.54, 1.807) is 13.1 Å². The maximum atomic E-state index is 14.1. The van der Waals surface area contributed by atoms with Crippen molar-refractivity contribution in [3.63, 3.8) is 0 Å². The molecule has 35 heavy (non-hydrogen) atoms. The lowest BCUT2D eigenvalue weighted by atomic mass is 10.1. The maximum Gasteiger partial charge on any atom is 0.325 e.